The van der Waals surface area contributed by atoms with Crippen LogP contribution in [0.25, 0.3) is 10.8 Å². The molecule has 0 bridgehead atoms. The Bertz CT molecular complexity index is 1460. The van der Waals surface area contributed by atoms with E-state index in [2.05, 4.69) is 10.6 Å². The van der Waals surface area contributed by atoms with Crippen molar-refractivity contribution < 1.29 is 23.9 Å². The second kappa shape index (κ2) is 14.7. The van der Waals surface area contributed by atoms with Gasteiger partial charge in [-0.05, 0) is 80.6 Å². The van der Waals surface area contributed by atoms with Crippen molar-refractivity contribution in [1.29, 1.82) is 0 Å². The first-order chi connectivity index (χ1) is 20.3. The van der Waals surface area contributed by atoms with E-state index in [0.717, 1.165) is 34.7 Å². The van der Waals surface area contributed by atoms with Crippen LogP contribution in [0, 0.1) is 13.8 Å². The molecule has 0 heterocycles. The summed E-state index contributed by atoms with van der Waals surface area (Å²) in [6.07, 6.45) is 1.01. The maximum absolute atomic E-state index is 14.3. The van der Waals surface area contributed by atoms with Gasteiger partial charge in [-0.3, -0.25) is 14.4 Å². The number of unbranched alkanes of at least 4 members (excludes halogenated alkanes) is 2. The SMILES string of the molecule is CCCCCN(C(=O)C(CC(N)=O)NC(=O)OC(C)(C)C)C(C(=O)Nc1ccc2ccccc2c1)c1cccc(C)c1C. The Morgan fingerprint density at radius 3 is 2.28 bits per heavy atom. The smallest absolute Gasteiger partial charge is 0.408 e. The molecule has 0 aliphatic heterocycles. The highest BCUT2D eigenvalue weighted by atomic mass is 16.6. The zero-order valence-electron chi connectivity index (χ0n) is 26.0. The Morgan fingerprint density at radius 1 is 0.930 bits per heavy atom. The fourth-order valence-corrected chi connectivity index (χ4v) is 4.95. The van der Waals surface area contributed by atoms with Gasteiger partial charge in [-0.25, -0.2) is 4.79 Å². The summed E-state index contributed by atoms with van der Waals surface area (Å²) in [4.78, 5) is 54.8. The summed E-state index contributed by atoms with van der Waals surface area (Å²) in [6.45, 7) is 11.2. The first-order valence-electron chi connectivity index (χ1n) is 14.7. The maximum atomic E-state index is 14.3. The highest BCUT2D eigenvalue weighted by Gasteiger charge is 2.37. The minimum atomic E-state index is -1.32. The number of hydrogen-bond donors (Lipinski definition) is 3. The third-order valence-electron chi connectivity index (χ3n) is 7.20. The Hall–Kier alpha value is -4.40. The zero-order valence-corrected chi connectivity index (χ0v) is 26.0. The van der Waals surface area contributed by atoms with Crippen LogP contribution in [0.5, 0.6) is 0 Å². The fourth-order valence-electron chi connectivity index (χ4n) is 4.95. The number of hydrogen-bond acceptors (Lipinski definition) is 5. The van der Waals surface area contributed by atoms with E-state index < -0.39 is 47.9 Å². The molecule has 3 aromatic carbocycles. The largest absolute Gasteiger partial charge is 0.444 e. The highest BCUT2D eigenvalue weighted by molar-refractivity contribution is 6.01. The van der Waals surface area contributed by atoms with Crippen molar-refractivity contribution in [2.75, 3.05) is 11.9 Å². The molecule has 0 aromatic heterocycles. The molecule has 0 spiro atoms. The summed E-state index contributed by atoms with van der Waals surface area (Å²) < 4.78 is 5.37. The number of ether oxygens (including phenoxy) is 1. The summed E-state index contributed by atoms with van der Waals surface area (Å²) in [5.74, 6) is -1.78. The Balaban J connectivity index is 2.08. The lowest BCUT2D eigenvalue weighted by Gasteiger charge is -2.35. The molecule has 0 aliphatic rings. The first-order valence-corrected chi connectivity index (χ1v) is 14.7. The molecule has 0 radical (unpaired) electrons. The summed E-state index contributed by atoms with van der Waals surface area (Å²) >= 11 is 0. The van der Waals surface area contributed by atoms with Crippen LogP contribution in [0.15, 0.2) is 60.7 Å². The molecule has 0 fully saturated rings. The van der Waals surface area contributed by atoms with Gasteiger partial charge in [0.15, 0.2) is 0 Å². The van der Waals surface area contributed by atoms with Gasteiger partial charge in [-0.1, -0.05) is 68.3 Å². The molecule has 9 nitrogen and oxygen atoms in total. The number of fused-ring (bicyclic) bond motifs is 1. The lowest BCUT2D eigenvalue weighted by molar-refractivity contribution is -0.142. The van der Waals surface area contributed by atoms with Gasteiger partial charge in [-0.15, -0.1) is 0 Å². The third-order valence-corrected chi connectivity index (χ3v) is 7.20. The van der Waals surface area contributed by atoms with E-state index in [4.69, 9.17) is 10.5 Å². The van der Waals surface area contributed by atoms with E-state index >= 15 is 0 Å². The Kier molecular flexibility index (Phi) is 11.3. The molecule has 9 heteroatoms. The molecule has 3 aromatic rings. The number of carbonyl (C=O) groups is 4. The number of rotatable bonds is 12. The average Bonchev–Trinajstić information content (AvgIpc) is 2.92. The van der Waals surface area contributed by atoms with Gasteiger partial charge in [0.2, 0.25) is 11.8 Å². The van der Waals surface area contributed by atoms with Crippen molar-refractivity contribution in [3.63, 3.8) is 0 Å². The topological polar surface area (TPSA) is 131 Å². The molecule has 0 saturated heterocycles. The summed E-state index contributed by atoms with van der Waals surface area (Å²) in [5, 5.41) is 7.55. The lowest BCUT2D eigenvalue weighted by atomic mass is 9.94. The molecule has 4 amide bonds. The molecule has 2 unspecified atom stereocenters. The third kappa shape index (κ3) is 9.30. The van der Waals surface area contributed by atoms with Crippen molar-refractivity contribution in [1.82, 2.24) is 10.2 Å². The van der Waals surface area contributed by atoms with E-state index in [1.54, 1.807) is 20.8 Å². The Labute approximate surface area is 254 Å². The van der Waals surface area contributed by atoms with Crippen molar-refractivity contribution >= 4 is 40.3 Å². The quantitative estimate of drug-likeness (QED) is 0.226. The molecule has 2 atom stereocenters. The number of alkyl carbamates (subject to hydrolysis) is 1. The second-order valence-electron chi connectivity index (χ2n) is 11.9. The van der Waals surface area contributed by atoms with Crippen LogP contribution in [-0.2, 0) is 19.1 Å². The predicted octanol–water partition coefficient (Wildman–Crippen LogP) is 5.92. The number of primary amides is 1. The van der Waals surface area contributed by atoms with E-state index in [9.17, 15) is 19.2 Å². The van der Waals surface area contributed by atoms with Crippen molar-refractivity contribution in [2.24, 2.45) is 5.73 Å². The highest BCUT2D eigenvalue weighted by Crippen LogP contribution is 2.30. The van der Waals surface area contributed by atoms with Gasteiger partial charge in [0.25, 0.3) is 5.91 Å². The monoisotopic (exact) mass is 588 g/mol. The number of amides is 4. The minimum absolute atomic E-state index is 0.223. The molecular formula is C34H44N4O5. The van der Waals surface area contributed by atoms with Gasteiger partial charge >= 0.3 is 6.09 Å². The van der Waals surface area contributed by atoms with Gasteiger partial charge in [0.05, 0.1) is 6.42 Å². The van der Waals surface area contributed by atoms with Crippen LogP contribution in [0.3, 0.4) is 0 Å². The van der Waals surface area contributed by atoms with Crippen LogP contribution in [0.4, 0.5) is 10.5 Å². The number of nitrogens with zero attached hydrogens (tertiary/aromatic N) is 1. The molecule has 230 valence electrons. The average molecular weight is 589 g/mol. The van der Waals surface area contributed by atoms with Crippen LogP contribution in [0.1, 0.15) is 76.1 Å². The summed E-state index contributed by atoms with van der Waals surface area (Å²) in [6, 6.07) is 16.7. The zero-order chi connectivity index (χ0) is 31.7. The normalized spacial score (nSPS) is 12.7. The number of benzene rings is 3. The van der Waals surface area contributed by atoms with Gasteiger partial charge in [0.1, 0.15) is 17.7 Å². The van der Waals surface area contributed by atoms with Crippen LogP contribution >= 0.6 is 0 Å². The van der Waals surface area contributed by atoms with E-state index in [0.29, 0.717) is 17.7 Å². The number of aryl methyl sites for hydroxylation is 1. The van der Waals surface area contributed by atoms with Crippen molar-refractivity contribution in [3.05, 3.63) is 77.4 Å². The van der Waals surface area contributed by atoms with E-state index in [1.165, 1.54) is 4.90 Å². The van der Waals surface area contributed by atoms with Gasteiger partial charge in [0, 0.05) is 12.2 Å². The summed E-state index contributed by atoms with van der Waals surface area (Å²) in [5.41, 5.74) is 7.74. The van der Waals surface area contributed by atoms with Crippen molar-refractivity contribution in [2.45, 2.75) is 84.9 Å². The first kappa shape index (κ1) is 33.1. The molecule has 4 N–H and O–H groups in total. The molecule has 3 rings (SSSR count). The van der Waals surface area contributed by atoms with Crippen molar-refractivity contribution in [3.8, 4) is 0 Å². The van der Waals surface area contributed by atoms with Gasteiger partial charge in [-0.2, -0.15) is 0 Å². The number of carbonyl (C=O) groups excluding carboxylic acids is 4. The minimum Gasteiger partial charge on any atom is -0.444 e. The number of anilines is 1. The molecule has 0 saturated carbocycles. The van der Waals surface area contributed by atoms with E-state index in [1.807, 2.05) is 81.4 Å². The summed E-state index contributed by atoms with van der Waals surface area (Å²) in [7, 11) is 0. The molecular weight excluding hydrogens is 544 g/mol. The van der Waals surface area contributed by atoms with Crippen LogP contribution in [0.2, 0.25) is 0 Å². The predicted molar refractivity (Wildman–Crippen MR) is 169 cm³/mol. The van der Waals surface area contributed by atoms with Gasteiger partial charge < -0.3 is 26.0 Å². The lowest BCUT2D eigenvalue weighted by Crippen LogP contribution is -2.53. The van der Waals surface area contributed by atoms with E-state index in [-0.39, 0.29) is 6.54 Å². The second-order valence-corrected chi connectivity index (χ2v) is 11.9. The molecule has 0 aliphatic carbocycles. The standard InChI is InChI=1S/C34H44N4O5/c1-7-8-11-19-38(32(41)28(21-29(35)39)37-33(42)43-34(4,5)6)30(27-16-12-13-22(2)23(27)3)31(40)36-26-18-17-24-14-9-10-15-25(24)20-26/h9-10,12-18,20,28,30H,7-8,11,19,21H2,1-6H3,(H2,35,39)(H,36,40)(H,37,42). The van der Waals surface area contributed by atoms with Crippen LogP contribution in [-0.4, -0.2) is 46.9 Å². The molecule has 43 heavy (non-hydrogen) atoms. The Morgan fingerprint density at radius 2 is 1.63 bits per heavy atom. The number of nitrogens with two attached hydrogens (primary N) is 1. The number of nitrogens with one attached hydrogen (secondary N) is 2. The maximum Gasteiger partial charge on any atom is 0.408 e. The fraction of sp³-hybridized carbons (Fsp3) is 0.412. The van der Waals surface area contributed by atoms with Crippen LogP contribution < -0.4 is 16.4 Å².